The number of carbonyl (C=O) groups is 1. The van der Waals surface area contributed by atoms with Gasteiger partial charge in [0.1, 0.15) is 5.75 Å². The maximum atomic E-state index is 12.2. The summed E-state index contributed by atoms with van der Waals surface area (Å²) in [7, 11) is 0. The van der Waals surface area contributed by atoms with Crippen LogP contribution in [-0.2, 0) is 11.3 Å². The summed E-state index contributed by atoms with van der Waals surface area (Å²) in [4.78, 5) is 10.5. The molecule has 0 bridgehead atoms. The van der Waals surface area contributed by atoms with Crippen LogP contribution in [0.4, 0.5) is 13.2 Å². The number of carboxylic acid groups (broad SMARTS) is 1. The lowest BCUT2D eigenvalue weighted by Crippen LogP contribution is -2.17. The van der Waals surface area contributed by atoms with E-state index in [9.17, 15) is 18.0 Å². The summed E-state index contributed by atoms with van der Waals surface area (Å²) in [5.74, 6) is -1.27. The smallest absolute Gasteiger partial charge is 0.481 e. The molecule has 0 aliphatic carbocycles. The van der Waals surface area contributed by atoms with Crippen molar-refractivity contribution in [3.63, 3.8) is 0 Å². The van der Waals surface area contributed by atoms with Crippen LogP contribution in [0.2, 0.25) is 0 Å². The highest BCUT2D eigenvalue weighted by Crippen LogP contribution is 2.27. The number of aromatic nitrogens is 2. The van der Waals surface area contributed by atoms with E-state index in [1.54, 1.807) is 12.3 Å². The number of aryl methyl sites for hydroxylation is 1. The molecule has 112 valence electrons. The van der Waals surface area contributed by atoms with Gasteiger partial charge >= 0.3 is 12.3 Å². The Bertz CT molecular complexity index is 638. The first kappa shape index (κ1) is 14.9. The molecule has 2 rings (SSSR count). The van der Waals surface area contributed by atoms with E-state index < -0.39 is 12.3 Å². The second-order valence-corrected chi connectivity index (χ2v) is 4.21. The van der Waals surface area contributed by atoms with E-state index in [-0.39, 0.29) is 18.7 Å². The summed E-state index contributed by atoms with van der Waals surface area (Å²) >= 11 is 0. The van der Waals surface area contributed by atoms with E-state index in [0.29, 0.717) is 11.1 Å². The first-order valence-electron chi connectivity index (χ1n) is 5.94. The number of halogens is 3. The molecule has 5 nitrogen and oxygen atoms in total. The maximum absolute atomic E-state index is 12.2. The summed E-state index contributed by atoms with van der Waals surface area (Å²) in [5, 5.41) is 12.5. The first-order valence-corrected chi connectivity index (χ1v) is 5.94. The Morgan fingerprint density at radius 1 is 1.33 bits per heavy atom. The van der Waals surface area contributed by atoms with Crippen molar-refractivity contribution in [3.8, 4) is 16.9 Å². The maximum Gasteiger partial charge on any atom is 0.573 e. The van der Waals surface area contributed by atoms with Gasteiger partial charge in [-0.1, -0.05) is 12.1 Å². The van der Waals surface area contributed by atoms with Crippen LogP contribution < -0.4 is 4.74 Å². The number of rotatable bonds is 5. The van der Waals surface area contributed by atoms with E-state index in [0.717, 1.165) is 0 Å². The van der Waals surface area contributed by atoms with Crippen molar-refractivity contribution in [2.24, 2.45) is 0 Å². The van der Waals surface area contributed by atoms with Crippen molar-refractivity contribution in [3.05, 3.63) is 36.7 Å². The average molecular weight is 300 g/mol. The predicted octanol–water partition coefficient (Wildman–Crippen LogP) is 2.92. The minimum absolute atomic E-state index is 0.0850. The molecule has 0 fully saturated rings. The standard InChI is InChI=1S/C13H11F3N2O3/c14-13(15,16)21-11-3-1-2-9(6-11)10-7-17-18(8-10)5-4-12(19)20/h1-3,6-8H,4-5H2,(H,19,20). The Hall–Kier alpha value is -2.51. The second-order valence-electron chi connectivity index (χ2n) is 4.21. The molecule has 1 aromatic carbocycles. The number of ether oxygens (including phenoxy) is 1. The third kappa shape index (κ3) is 4.51. The monoisotopic (exact) mass is 300 g/mol. The van der Waals surface area contributed by atoms with Crippen molar-refractivity contribution < 1.29 is 27.8 Å². The molecule has 0 unspecified atom stereocenters. The summed E-state index contributed by atoms with van der Waals surface area (Å²) < 4.78 is 41.7. The van der Waals surface area contributed by atoms with Crippen LogP contribution in [0.3, 0.4) is 0 Å². The van der Waals surface area contributed by atoms with Crippen molar-refractivity contribution in [2.75, 3.05) is 0 Å². The Labute approximate surface area is 117 Å². The zero-order valence-corrected chi connectivity index (χ0v) is 10.7. The molecule has 0 saturated heterocycles. The minimum atomic E-state index is -4.75. The van der Waals surface area contributed by atoms with Gasteiger partial charge in [-0.2, -0.15) is 5.10 Å². The summed E-state index contributed by atoms with van der Waals surface area (Å²) in [6.45, 7) is 0.189. The van der Waals surface area contributed by atoms with Crippen molar-refractivity contribution in [1.82, 2.24) is 9.78 Å². The second kappa shape index (κ2) is 5.86. The molecular weight excluding hydrogens is 289 g/mol. The number of aliphatic carboxylic acids is 1. The lowest BCUT2D eigenvalue weighted by Gasteiger charge is -2.09. The highest BCUT2D eigenvalue weighted by Gasteiger charge is 2.31. The Balaban J connectivity index is 2.15. The fourth-order valence-electron chi connectivity index (χ4n) is 1.72. The first-order chi connectivity index (χ1) is 9.83. The molecule has 1 N–H and O–H groups in total. The predicted molar refractivity (Wildman–Crippen MR) is 66.6 cm³/mol. The van der Waals surface area contributed by atoms with Crippen LogP contribution in [0.15, 0.2) is 36.7 Å². The van der Waals surface area contributed by atoms with Gasteiger partial charge in [-0.25, -0.2) is 0 Å². The van der Waals surface area contributed by atoms with Gasteiger partial charge in [0.25, 0.3) is 0 Å². The molecule has 0 aliphatic rings. The molecule has 1 aromatic heterocycles. The molecule has 8 heteroatoms. The van der Waals surface area contributed by atoms with Gasteiger partial charge in [0.05, 0.1) is 19.2 Å². The normalized spacial score (nSPS) is 11.4. The average Bonchev–Trinajstić information content (AvgIpc) is 2.83. The molecule has 2 aromatic rings. The molecular formula is C13H11F3N2O3. The van der Waals surface area contributed by atoms with Crippen LogP contribution in [0, 0.1) is 0 Å². The molecule has 21 heavy (non-hydrogen) atoms. The Morgan fingerprint density at radius 2 is 2.10 bits per heavy atom. The van der Waals surface area contributed by atoms with Gasteiger partial charge in [-0.15, -0.1) is 13.2 Å². The molecule has 0 spiro atoms. The molecule has 0 atom stereocenters. The van der Waals surface area contributed by atoms with E-state index in [1.165, 1.54) is 29.1 Å². The minimum Gasteiger partial charge on any atom is -0.481 e. The fourth-order valence-corrected chi connectivity index (χ4v) is 1.72. The third-order valence-corrected chi connectivity index (χ3v) is 2.59. The summed E-state index contributed by atoms with van der Waals surface area (Å²) in [6.07, 6.45) is -1.81. The van der Waals surface area contributed by atoms with Crippen LogP contribution in [-0.4, -0.2) is 27.2 Å². The number of alkyl halides is 3. The van der Waals surface area contributed by atoms with Gasteiger partial charge < -0.3 is 9.84 Å². The van der Waals surface area contributed by atoms with Crippen LogP contribution in [0.25, 0.3) is 11.1 Å². The zero-order valence-electron chi connectivity index (χ0n) is 10.7. The van der Waals surface area contributed by atoms with Gasteiger partial charge in [0.15, 0.2) is 0 Å². The molecule has 0 radical (unpaired) electrons. The molecule has 0 saturated carbocycles. The van der Waals surface area contributed by atoms with Crippen LogP contribution in [0.5, 0.6) is 5.75 Å². The van der Waals surface area contributed by atoms with E-state index in [4.69, 9.17) is 5.11 Å². The van der Waals surface area contributed by atoms with Crippen LogP contribution in [0.1, 0.15) is 6.42 Å². The van der Waals surface area contributed by atoms with Crippen LogP contribution >= 0.6 is 0 Å². The highest BCUT2D eigenvalue weighted by molar-refractivity contribution is 5.66. The van der Waals surface area contributed by atoms with Crippen molar-refractivity contribution in [2.45, 2.75) is 19.3 Å². The summed E-state index contributed by atoms with van der Waals surface area (Å²) in [5.41, 5.74) is 1.08. The SMILES string of the molecule is O=C(O)CCn1cc(-c2cccc(OC(F)(F)F)c2)cn1. The van der Waals surface area contributed by atoms with Gasteiger partial charge in [0.2, 0.25) is 0 Å². The Morgan fingerprint density at radius 3 is 2.76 bits per heavy atom. The molecule has 1 heterocycles. The van der Waals surface area contributed by atoms with Crippen molar-refractivity contribution >= 4 is 5.97 Å². The number of benzene rings is 1. The lowest BCUT2D eigenvalue weighted by molar-refractivity contribution is -0.274. The van der Waals surface area contributed by atoms with Gasteiger partial charge in [-0.05, 0) is 17.7 Å². The summed E-state index contributed by atoms with van der Waals surface area (Å²) in [6, 6.07) is 5.49. The van der Waals surface area contributed by atoms with E-state index in [1.807, 2.05) is 0 Å². The Kier molecular flexibility index (Phi) is 4.15. The largest absolute Gasteiger partial charge is 0.573 e. The number of hydrogen-bond donors (Lipinski definition) is 1. The number of carboxylic acids is 1. The topological polar surface area (TPSA) is 64.3 Å². The highest BCUT2D eigenvalue weighted by atomic mass is 19.4. The third-order valence-electron chi connectivity index (χ3n) is 2.59. The lowest BCUT2D eigenvalue weighted by atomic mass is 10.1. The zero-order chi connectivity index (χ0) is 15.5. The number of nitrogens with zero attached hydrogens (tertiary/aromatic N) is 2. The van der Waals surface area contributed by atoms with E-state index >= 15 is 0 Å². The van der Waals surface area contributed by atoms with Crippen molar-refractivity contribution in [1.29, 1.82) is 0 Å². The molecule has 0 amide bonds. The number of hydrogen-bond acceptors (Lipinski definition) is 3. The fraction of sp³-hybridized carbons (Fsp3) is 0.231. The van der Waals surface area contributed by atoms with E-state index in [2.05, 4.69) is 9.84 Å². The molecule has 0 aliphatic heterocycles. The van der Waals surface area contributed by atoms with Gasteiger partial charge in [0, 0.05) is 11.8 Å². The van der Waals surface area contributed by atoms with Gasteiger partial charge in [-0.3, -0.25) is 9.48 Å². The quantitative estimate of drug-likeness (QED) is 0.922.